The predicted octanol–water partition coefficient (Wildman–Crippen LogP) is 4.93. The lowest BCUT2D eigenvalue weighted by molar-refractivity contribution is 0.289. The standard InChI is InChI=1S/C19H22FNO2S/c1-5-14-10-16(20)18(9-13(14)3)23-11-15-12(2)7-6-8-17(15)21-19(24)22-4/h6-10H,5,11H2,1-4H3,(H,21,24). The first kappa shape index (κ1) is 18.2. The van der Waals surface area contributed by atoms with E-state index in [1.807, 2.05) is 39.0 Å². The molecule has 2 aromatic carbocycles. The number of benzene rings is 2. The topological polar surface area (TPSA) is 30.5 Å². The van der Waals surface area contributed by atoms with E-state index in [9.17, 15) is 4.39 Å². The van der Waals surface area contributed by atoms with Gasteiger partial charge in [0.2, 0.25) is 0 Å². The Morgan fingerprint density at radius 2 is 1.96 bits per heavy atom. The van der Waals surface area contributed by atoms with Gasteiger partial charge in [-0.3, -0.25) is 0 Å². The molecule has 2 aromatic rings. The van der Waals surface area contributed by atoms with Gasteiger partial charge in [0.15, 0.2) is 11.6 Å². The Morgan fingerprint density at radius 3 is 2.62 bits per heavy atom. The Kier molecular flexibility index (Phi) is 6.15. The van der Waals surface area contributed by atoms with E-state index in [1.165, 1.54) is 7.11 Å². The van der Waals surface area contributed by atoms with Crippen molar-refractivity contribution in [2.45, 2.75) is 33.8 Å². The average Bonchev–Trinajstić information content (AvgIpc) is 2.56. The fourth-order valence-electron chi connectivity index (χ4n) is 2.51. The Morgan fingerprint density at radius 1 is 1.21 bits per heavy atom. The highest BCUT2D eigenvalue weighted by molar-refractivity contribution is 7.80. The molecule has 0 aromatic heterocycles. The molecule has 0 amide bonds. The van der Waals surface area contributed by atoms with Gasteiger partial charge in [-0.2, -0.15) is 0 Å². The fraction of sp³-hybridized carbons (Fsp3) is 0.316. The van der Waals surface area contributed by atoms with Crippen LogP contribution in [0.1, 0.15) is 29.2 Å². The van der Waals surface area contributed by atoms with Gasteiger partial charge in [0, 0.05) is 11.3 Å². The summed E-state index contributed by atoms with van der Waals surface area (Å²) in [5.74, 6) is -0.0822. The number of hydrogen-bond donors (Lipinski definition) is 1. The van der Waals surface area contributed by atoms with Crippen LogP contribution in [0.15, 0.2) is 30.3 Å². The summed E-state index contributed by atoms with van der Waals surface area (Å²) in [7, 11) is 1.51. The predicted molar refractivity (Wildman–Crippen MR) is 99.3 cm³/mol. The van der Waals surface area contributed by atoms with Crippen LogP contribution >= 0.6 is 12.2 Å². The molecule has 0 fully saturated rings. The van der Waals surface area contributed by atoms with Crippen molar-refractivity contribution in [1.29, 1.82) is 0 Å². The Labute approximate surface area is 147 Å². The van der Waals surface area contributed by atoms with Crippen LogP contribution in [0.3, 0.4) is 0 Å². The molecule has 0 saturated heterocycles. The minimum atomic E-state index is -0.340. The summed E-state index contributed by atoms with van der Waals surface area (Å²) >= 11 is 5.05. The highest BCUT2D eigenvalue weighted by Gasteiger charge is 2.12. The van der Waals surface area contributed by atoms with Gasteiger partial charge in [0.1, 0.15) is 6.61 Å². The van der Waals surface area contributed by atoms with Gasteiger partial charge in [0.25, 0.3) is 5.17 Å². The van der Waals surface area contributed by atoms with Gasteiger partial charge in [0.05, 0.1) is 7.11 Å². The molecule has 0 unspecified atom stereocenters. The molecule has 2 rings (SSSR count). The molecule has 0 radical (unpaired) electrons. The zero-order valence-electron chi connectivity index (χ0n) is 14.4. The van der Waals surface area contributed by atoms with E-state index in [0.717, 1.165) is 34.4 Å². The first-order valence-corrected chi connectivity index (χ1v) is 8.22. The highest BCUT2D eigenvalue weighted by Crippen LogP contribution is 2.26. The molecule has 3 nitrogen and oxygen atoms in total. The van der Waals surface area contributed by atoms with Crippen molar-refractivity contribution in [3.8, 4) is 5.75 Å². The summed E-state index contributed by atoms with van der Waals surface area (Å²) in [5, 5.41) is 3.29. The molecular weight excluding hydrogens is 325 g/mol. The van der Waals surface area contributed by atoms with Crippen LogP contribution in [0.5, 0.6) is 5.75 Å². The Balaban J connectivity index is 2.23. The number of hydrogen-bond acceptors (Lipinski definition) is 3. The van der Waals surface area contributed by atoms with Crippen molar-refractivity contribution in [2.24, 2.45) is 0 Å². The fourth-order valence-corrected chi connectivity index (χ4v) is 2.62. The average molecular weight is 347 g/mol. The van der Waals surface area contributed by atoms with E-state index >= 15 is 0 Å². The minimum absolute atomic E-state index is 0.239. The number of anilines is 1. The molecule has 0 saturated carbocycles. The van der Waals surface area contributed by atoms with Crippen molar-refractivity contribution < 1.29 is 13.9 Å². The van der Waals surface area contributed by atoms with Crippen molar-refractivity contribution >= 4 is 23.1 Å². The van der Waals surface area contributed by atoms with E-state index in [1.54, 1.807) is 12.1 Å². The second-order valence-corrected chi connectivity index (χ2v) is 5.94. The molecule has 0 aliphatic carbocycles. The van der Waals surface area contributed by atoms with Gasteiger partial charge in [-0.25, -0.2) is 4.39 Å². The SMILES string of the molecule is CCc1cc(F)c(OCc2c(C)cccc2NC(=S)OC)cc1C. The number of aryl methyl sites for hydroxylation is 3. The van der Waals surface area contributed by atoms with Crippen LogP contribution in [-0.2, 0) is 17.8 Å². The van der Waals surface area contributed by atoms with Gasteiger partial charge in [-0.1, -0.05) is 19.1 Å². The van der Waals surface area contributed by atoms with Gasteiger partial charge < -0.3 is 14.8 Å². The maximum atomic E-state index is 14.2. The number of methoxy groups -OCH3 is 1. The largest absolute Gasteiger partial charge is 0.486 e. The summed E-state index contributed by atoms with van der Waals surface area (Å²) < 4.78 is 24.9. The van der Waals surface area contributed by atoms with Crippen LogP contribution in [-0.4, -0.2) is 12.3 Å². The summed E-state index contributed by atoms with van der Waals surface area (Å²) in [6.45, 7) is 6.18. The minimum Gasteiger partial charge on any atom is -0.486 e. The number of thiocarbonyl (C=S) groups is 1. The van der Waals surface area contributed by atoms with Gasteiger partial charge in [-0.15, -0.1) is 0 Å². The third kappa shape index (κ3) is 4.23. The van der Waals surface area contributed by atoms with E-state index < -0.39 is 0 Å². The molecule has 5 heteroatoms. The molecule has 128 valence electrons. The zero-order chi connectivity index (χ0) is 17.7. The molecule has 0 aliphatic rings. The first-order valence-electron chi connectivity index (χ1n) is 7.81. The molecule has 24 heavy (non-hydrogen) atoms. The van der Waals surface area contributed by atoms with Crippen molar-refractivity contribution in [3.63, 3.8) is 0 Å². The molecule has 0 atom stereocenters. The summed E-state index contributed by atoms with van der Waals surface area (Å²) in [5.41, 5.74) is 4.75. The van der Waals surface area contributed by atoms with Crippen molar-refractivity contribution in [3.05, 3.63) is 58.4 Å². The quantitative estimate of drug-likeness (QED) is 0.777. The Hall–Kier alpha value is -2.14. The van der Waals surface area contributed by atoms with Crippen LogP contribution < -0.4 is 10.1 Å². The normalized spacial score (nSPS) is 10.4. The Bertz CT molecular complexity index is 746. The second-order valence-electron chi connectivity index (χ2n) is 5.57. The molecule has 0 spiro atoms. The van der Waals surface area contributed by atoms with Crippen molar-refractivity contribution in [2.75, 3.05) is 12.4 Å². The summed E-state index contributed by atoms with van der Waals surface area (Å²) in [6, 6.07) is 9.07. The second kappa shape index (κ2) is 8.11. The first-order chi connectivity index (χ1) is 11.5. The maximum Gasteiger partial charge on any atom is 0.260 e. The molecule has 1 N–H and O–H groups in total. The van der Waals surface area contributed by atoms with Crippen LogP contribution in [0.4, 0.5) is 10.1 Å². The lowest BCUT2D eigenvalue weighted by Gasteiger charge is -2.16. The smallest absolute Gasteiger partial charge is 0.260 e. The number of halogens is 1. The molecular formula is C19H22FNO2S. The van der Waals surface area contributed by atoms with Crippen LogP contribution in [0, 0.1) is 19.7 Å². The number of nitrogens with one attached hydrogen (secondary N) is 1. The van der Waals surface area contributed by atoms with Crippen LogP contribution in [0.25, 0.3) is 0 Å². The number of rotatable bonds is 5. The highest BCUT2D eigenvalue weighted by atomic mass is 32.1. The number of ether oxygens (including phenoxy) is 2. The monoisotopic (exact) mass is 347 g/mol. The third-order valence-corrected chi connectivity index (χ3v) is 4.24. The molecule has 0 heterocycles. The maximum absolute atomic E-state index is 14.2. The van der Waals surface area contributed by atoms with E-state index in [4.69, 9.17) is 21.7 Å². The van der Waals surface area contributed by atoms with E-state index in [-0.39, 0.29) is 23.3 Å². The lowest BCUT2D eigenvalue weighted by Crippen LogP contribution is -2.13. The van der Waals surface area contributed by atoms with Gasteiger partial charge >= 0.3 is 0 Å². The molecule has 0 bridgehead atoms. The van der Waals surface area contributed by atoms with E-state index in [0.29, 0.717) is 0 Å². The third-order valence-electron chi connectivity index (χ3n) is 3.98. The lowest BCUT2D eigenvalue weighted by atomic mass is 10.1. The zero-order valence-corrected chi connectivity index (χ0v) is 15.2. The van der Waals surface area contributed by atoms with Crippen molar-refractivity contribution in [1.82, 2.24) is 0 Å². The summed E-state index contributed by atoms with van der Waals surface area (Å²) in [4.78, 5) is 0. The van der Waals surface area contributed by atoms with E-state index in [2.05, 4.69) is 5.32 Å². The summed E-state index contributed by atoms with van der Waals surface area (Å²) in [6.07, 6.45) is 0.795. The molecule has 0 aliphatic heterocycles. The van der Waals surface area contributed by atoms with Gasteiger partial charge in [-0.05, 0) is 67.4 Å². The van der Waals surface area contributed by atoms with Crippen LogP contribution in [0.2, 0.25) is 0 Å².